The number of ether oxygens (including phenoxy) is 1. The Morgan fingerprint density at radius 3 is 2.50 bits per heavy atom. The molecule has 2 aromatic rings. The summed E-state index contributed by atoms with van der Waals surface area (Å²) in [6.07, 6.45) is 0. The predicted octanol–water partition coefficient (Wildman–Crippen LogP) is 3.01. The van der Waals surface area contributed by atoms with Crippen molar-refractivity contribution in [1.29, 1.82) is 5.26 Å². The molecule has 0 saturated carbocycles. The Kier molecular flexibility index (Phi) is 4.39. The van der Waals surface area contributed by atoms with Gasteiger partial charge in [-0.2, -0.15) is 5.26 Å². The highest BCUT2D eigenvalue weighted by molar-refractivity contribution is 5.33. The summed E-state index contributed by atoms with van der Waals surface area (Å²) in [5, 5.41) is 12.7. The summed E-state index contributed by atoms with van der Waals surface area (Å²) in [6, 6.07) is 19.8. The minimum atomic E-state index is -0.842. The summed E-state index contributed by atoms with van der Waals surface area (Å²) < 4.78 is 5.80. The second-order valence-corrected chi connectivity index (χ2v) is 4.74. The summed E-state index contributed by atoms with van der Waals surface area (Å²) in [5.74, 6) is 0.774. The van der Waals surface area contributed by atoms with E-state index in [1.165, 1.54) is 0 Å². The highest BCUT2D eigenvalue weighted by atomic mass is 16.5. The number of likely N-dealkylation sites (N-methyl/N-ethyl adjacent to an activating group) is 1. The molecule has 0 aromatic heterocycles. The molecule has 0 aliphatic rings. The van der Waals surface area contributed by atoms with Crippen molar-refractivity contribution in [1.82, 2.24) is 5.32 Å². The Bertz CT molecular complexity index is 604. The van der Waals surface area contributed by atoms with Gasteiger partial charge in [-0.15, -0.1) is 0 Å². The molecule has 2 rings (SSSR count). The number of hydrogen-bond donors (Lipinski definition) is 1. The zero-order valence-electron chi connectivity index (χ0n) is 11.8. The van der Waals surface area contributed by atoms with Crippen molar-refractivity contribution in [3.63, 3.8) is 0 Å². The number of rotatable bonds is 5. The monoisotopic (exact) mass is 266 g/mol. The van der Waals surface area contributed by atoms with E-state index in [2.05, 4.69) is 11.4 Å². The van der Waals surface area contributed by atoms with Crippen LogP contribution in [-0.2, 0) is 5.54 Å². The summed E-state index contributed by atoms with van der Waals surface area (Å²) in [7, 11) is 1.77. The van der Waals surface area contributed by atoms with E-state index in [4.69, 9.17) is 4.74 Å². The molecule has 0 amide bonds. The van der Waals surface area contributed by atoms with Gasteiger partial charge in [-0.05, 0) is 37.2 Å². The second-order valence-electron chi connectivity index (χ2n) is 4.74. The van der Waals surface area contributed by atoms with E-state index in [9.17, 15) is 5.26 Å². The minimum Gasteiger partial charge on any atom is -0.490 e. The smallest absolute Gasteiger partial charge is 0.166 e. The molecule has 0 heterocycles. The number of nitrogens with one attached hydrogen (secondary N) is 1. The van der Waals surface area contributed by atoms with Crippen LogP contribution in [0.4, 0.5) is 0 Å². The first-order valence-corrected chi connectivity index (χ1v) is 6.55. The van der Waals surface area contributed by atoms with Gasteiger partial charge in [-0.25, -0.2) is 0 Å². The van der Waals surface area contributed by atoms with E-state index in [1.54, 1.807) is 7.05 Å². The zero-order chi connectivity index (χ0) is 14.4. The lowest BCUT2D eigenvalue weighted by Crippen LogP contribution is -2.44. The topological polar surface area (TPSA) is 45.0 Å². The SMILES string of the molecule is CNC(C#N)(COc1cccc(C)c1)c1ccccc1. The summed E-state index contributed by atoms with van der Waals surface area (Å²) >= 11 is 0. The van der Waals surface area contributed by atoms with Gasteiger partial charge in [0.15, 0.2) is 5.54 Å². The maximum Gasteiger partial charge on any atom is 0.166 e. The molecule has 102 valence electrons. The van der Waals surface area contributed by atoms with Gasteiger partial charge in [0.1, 0.15) is 12.4 Å². The van der Waals surface area contributed by atoms with Crippen LogP contribution in [0.15, 0.2) is 54.6 Å². The predicted molar refractivity (Wildman–Crippen MR) is 79.5 cm³/mol. The van der Waals surface area contributed by atoms with Crippen molar-refractivity contribution in [3.8, 4) is 11.8 Å². The van der Waals surface area contributed by atoms with E-state index in [1.807, 2.05) is 61.5 Å². The molecule has 0 fully saturated rings. The Morgan fingerprint density at radius 2 is 1.90 bits per heavy atom. The molecule has 1 N–H and O–H groups in total. The normalized spacial score (nSPS) is 13.2. The highest BCUT2D eigenvalue weighted by Gasteiger charge is 2.31. The molecule has 3 heteroatoms. The molecule has 0 aliphatic heterocycles. The van der Waals surface area contributed by atoms with Crippen molar-refractivity contribution >= 4 is 0 Å². The molecule has 0 bridgehead atoms. The van der Waals surface area contributed by atoms with Crippen LogP contribution in [0.2, 0.25) is 0 Å². The van der Waals surface area contributed by atoms with E-state index >= 15 is 0 Å². The summed E-state index contributed by atoms with van der Waals surface area (Å²) in [5.41, 5.74) is 1.19. The van der Waals surface area contributed by atoms with Gasteiger partial charge in [-0.1, -0.05) is 42.5 Å². The maximum absolute atomic E-state index is 9.57. The number of nitriles is 1. The largest absolute Gasteiger partial charge is 0.490 e. The van der Waals surface area contributed by atoms with Crippen LogP contribution in [0.1, 0.15) is 11.1 Å². The fraction of sp³-hybridized carbons (Fsp3) is 0.235. The van der Waals surface area contributed by atoms with Gasteiger partial charge in [0, 0.05) is 0 Å². The van der Waals surface area contributed by atoms with Crippen molar-refractivity contribution in [3.05, 3.63) is 65.7 Å². The van der Waals surface area contributed by atoms with Crippen LogP contribution < -0.4 is 10.1 Å². The molecule has 0 saturated heterocycles. The Morgan fingerprint density at radius 1 is 1.15 bits per heavy atom. The third kappa shape index (κ3) is 2.98. The molecule has 1 atom stereocenters. The molecule has 3 nitrogen and oxygen atoms in total. The van der Waals surface area contributed by atoms with E-state index in [-0.39, 0.29) is 6.61 Å². The number of benzene rings is 2. The standard InChI is InChI=1S/C17H18N2O/c1-14-7-6-10-16(11-14)20-13-17(12-18,19-2)15-8-4-3-5-9-15/h3-11,19H,13H2,1-2H3. The van der Waals surface area contributed by atoms with E-state index in [0.717, 1.165) is 16.9 Å². The lowest BCUT2D eigenvalue weighted by molar-refractivity contribution is 0.231. The molecule has 0 spiro atoms. The Hall–Kier alpha value is -2.31. The van der Waals surface area contributed by atoms with E-state index < -0.39 is 5.54 Å². The van der Waals surface area contributed by atoms with Gasteiger partial charge in [0.05, 0.1) is 6.07 Å². The molecule has 1 unspecified atom stereocenters. The van der Waals surface area contributed by atoms with Crippen LogP contribution in [-0.4, -0.2) is 13.7 Å². The van der Waals surface area contributed by atoms with Crippen molar-refractivity contribution in [2.45, 2.75) is 12.5 Å². The molecule has 2 aromatic carbocycles. The van der Waals surface area contributed by atoms with Gasteiger partial charge in [0.2, 0.25) is 0 Å². The number of aryl methyl sites for hydroxylation is 1. The van der Waals surface area contributed by atoms with Crippen LogP contribution in [0.25, 0.3) is 0 Å². The first kappa shape index (κ1) is 14.1. The van der Waals surface area contributed by atoms with E-state index in [0.29, 0.717) is 0 Å². The maximum atomic E-state index is 9.57. The van der Waals surface area contributed by atoms with Crippen LogP contribution in [0.3, 0.4) is 0 Å². The second kappa shape index (κ2) is 6.23. The number of hydrogen-bond acceptors (Lipinski definition) is 3. The first-order valence-electron chi connectivity index (χ1n) is 6.55. The minimum absolute atomic E-state index is 0.257. The molecule has 0 aliphatic carbocycles. The zero-order valence-corrected chi connectivity index (χ0v) is 11.8. The molecule has 20 heavy (non-hydrogen) atoms. The summed E-state index contributed by atoms with van der Waals surface area (Å²) in [6.45, 7) is 2.27. The lowest BCUT2D eigenvalue weighted by Gasteiger charge is -2.26. The van der Waals surface area contributed by atoms with Gasteiger partial charge in [0.25, 0.3) is 0 Å². The summed E-state index contributed by atoms with van der Waals surface area (Å²) in [4.78, 5) is 0. The first-order chi connectivity index (χ1) is 9.70. The van der Waals surface area contributed by atoms with Crippen LogP contribution >= 0.6 is 0 Å². The molecule has 0 radical (unpaired) electrons. The van der Waals surface area contributed by atoms with Crippen molar-refractivity contribution in [2.24, 2.45) is 0 Å². The third-order valence-corrected chi connectivity index (χ3v) is 3.33. The Balaban J connectivity index is 2.21. The van der Waals surface area contributed by atoms with Crippen molar-refractivity contribution < 1.29 is 4.74 Å². The molecular formula is C17H18N2O. The van der Waals surface area contributed by atoms with Gasteiger partial charge >= 0.3 is 0 Å². The fourth-order valence-electron chi connectivity index (χ4n) is 2.07. The Labute approximate surface area is 119 Å². The van der Waals surface area contributed by atoms with Crippen LogP contribution in [0.5, 0.6) is 5.75 Å². The quantitative estimate of drug-likeness (QED) is 0.904. The average Bonchev–Trinajstić information content (AvgIpc) is 2.50. The highest BCUT2D eigenvalue weighted by Crippen LogP contribution is 2.22. The van der Waals surface area contributed by atoms with Gasteiger partial charge in [-0.3, -0.25) is 5.32 Å². The third-order valence-electron chi connectivity index (χ3n) is 3.33. The van der Waals surface area contributed by atoms with Gasteiger partial charge < -0.3 is 4.74 Å². The lowest BCUT2D eigenvalue weighted by atomic mass is 9.92. The number of nitrogens with zero attached hydrogens (tertiary/aromatic N) is 1. The average molecular weight is 266 g/mol. The fourth-order valence-corrected chi connectivity index (χ4v) is 2.07. The van der Waals surface area contributed by atoms with Crippen molar-refractivity contribution in [2.75, 3.05) is 13.7 Å². The van der Waals surface area contributed by atoms with Crippen LogP contribution in [0, 0.1) is 18.3 Å². The molecular weight excluding hydrogens is 248 g/mol.